The minimum atomic E-state index is 0.116. The van der Waals surface area contributed by atoms with Crippen LogP contribution in [-0.4, -0.2) is 5.91 Å². The zero-order valence-electron chi connectivity index (χ0n) is 13.6. The molecule has 23 heavy (non-hydrogen) atoms. The lowest BCUT2D eigenvalue weighted by atomic mass is 9.59. The summed E-state index contributed by atoms with van der Waals surface area (Å²) in [5.41, 5.74) is 9.41. The van der Waals surface area contributed by atoms with Gasteiger partial charge in [0, 0.05) is 19.0 Å². The number of hydrogen-bond donors (Lipinski definition) is 2. The molecule has 3 heteroatoms. The fourth-order valence-electron chi connectivity index (χ4n) is 3.55. The van der Waals surface area contributed by atoms with Gasteiger partial charge < -0.3 is 11.1 Å². The molecule has 0 aliphatic heterocycles. The molecule has 1 saturated carbocycles. The van der Waals surface area contributed by atoms with Crippen LogP contribution >= 0.6 is 0 Å². The highest BCUT2D eigenvalue weighted by Crippen LogP contribution is 2.47. The summed E-state index contributed by atoms with van der Waals surface area (Å²) in [6, 6.07) is 18.5. The maximum absolute atomic E-state index is 12.4. The van der Waals surface area contributed by atoms with E-state index in [4.69, 9.17) is 5.73 Å². The van der Waals surface area contributed by atoms with Crippen molar-refractivity contribution in [3.05, 3.63) is 71.3 Å². The average Bonchev–Trinajstić information content (AvgIpc) is 2.57. The Morgan fingerprint density at radius 2 is 1.70 bits per heavy atom. The standard InChI is InChI=1S/C20H24N2O/c1-20(18-9-3-2-4-10-18)11-17(12-20)19(23)22-14-16-8-6-5-7-15(16)13-21/h2-10,17H,11-14,21H2,1H3,(H,22,23). The summed E-state index contributed by atoms with van der Waals surface area (Å²) in [6.07, 6.45) is 1.84. The molecule has 1 fully saturated rings. The molecule has 2 aromatic rings. The quantitative estimate of drug-likeness (QED) is 0.891. The summed E-state index contributed by atoms with van der Waals surface area (Å²) < 4.78 is 0. The first-order valence-electron chi connectivity index (χ1n) is 8.22. The lowest BCUT2D eigenvalue weighted by Gasteiger charge is -2.45. The molecule has 3 nitrogen and oxygen atoms in total. The molecular weight excluding hydrogens is 284 g/mol. The van der Waals surface area contributed by atoms with Crippen LogP contribution in [0.5, 0.6) is 0 Å². The zero-order valence-corrected chi connectivity index (χ0v) is 13.6. The van der Waals surface area contributed by atoms with E-state index in [9.17, 15) is 4.79 Å². The van der Waals surface area contributed by atoms with Gasteiger partial charge in [-0.25, -0.2) is 0 Å². The predicted octanol–water partition coefficient (Wildman–Crippen LogP) is 3.13. The number of hydrogen-bond acceptors (Lipinski definition) is 2. The Morgan fingerprint density at radius 1 is 1.09 bits per heavy atom. The van der Waals surface area contributed by atoms with Crippen LogP contribution in [0.4, 0.5) is 0 Å². The van der Waals surface area contributed by atoms with Crippen molar-refractivity contribution in [2.45, 2.75) is 38.3 Å². The van der Waals surface area contributed by atoms with Gasteiger partial charge in [-0.1, -0.05) is 61.5 Å². The number of rotatable bonds is 5. The topological polar surface area (TPSA) is 55.1 Å². The third kappa shape index (κ3) is 3.30. The highest BCUT2D eigenvalue weighted by atomic mass is 16.1. The Kier molecular flexibility index (Phi) is 4.49. The molecular formula is C20H24N2O. The summed E-state index contributed by atoms with van der Waals surface area (Å²) in [5.74, 6) is 0.274. The van der Waals surface area contributed by atoms with Crippen molar-refractivity contribution < 1.29 is 4.79 Å². The molecule has 0 bridgehead atoms. The maximum Gasteiger partial charge on any atom is 0.223 e. The van der Waals surface area contributed by atoms with Crippen molar-refractivity contribution in [1.29, 1.82) is 0 Å². The van der Waals surface area contributed by atoms with E-state index in [0.717, 1.165) is 24.0 Å². The van der Waals surface area contributed by atoms with Gasteiger partial charge in [0.25, 0.3) is 0 Å². The van der Waals surface area contributed by atoms with Gasteiger partial charge in [-0.3, -0.25) is 4.79 Å². The van der Waals surface area contributed by atoms with Crippen molar-refractivity contribution >= 4 is 5.91 Å². The van der Waals surface area contributed by atoms with E-state index in [2.05, 4.69) is 36.5 Å². The normalized spacial score (nSPS) is 23.1. The van der Waals surface area contributed by atoms with Gasteiger partial charge >= 0.3 is 0 Å². The summed E-state index contributed by atoms with van der Waals surface area (Å²) in [7, 11) is 0. The molecule has 0 radical (unpaired) electrons. The summed E-state index contributed by atoms with van der Waals surface area (Å²) in [4.78, 5) is 12.4. The van der Waals surface area contributed by atoms with Crippen LogP contribution in [0.3, 0.4) is 0 Å². The Bertz CT molecular complexity index is 675. The second kappa shape index (κ2) is 6.55. The van der Waals surface area contributed by atoms with Crippen molar-refractivity contribution in [1.82, 2.24) is 5.32 Å². The number of benzene rings is 2. The predicted molar refractivity (Wildman–Crippen MR) is 92.7 cm³/mol. The SMILES string of the molecule is CC1(c2ccccc2)CC(C(=O)NCc2ccccc2CN)C1. The number of nitrogens with one attached hydrogen (secondary N) is 1. The van der Waals surface area contributed by atoms with Gasteiger partial charge in [0.2, 0.25) is 5.91 Å². The first kappa shape index (κ1) is 15.8. The first-order chi connectivity index (χ1) is 11.1. The molecule has 3 N–H and O–H groups in total. The minimum Gasteiger partial charge on any atom is -0.352 e. The third-order valence-corrected chi connectivity index (χ3v) is 5.03. The van der Waals surface area contributed by atoms with Crippen LogP contribution in [0.1, 0.15) is 36.5 Å². The molecule has 2 aromatic carbocycles. The molecule has 0 aromatic heterocycles. The van der Waals surface area contributed by atoms with Gasteiger partial charge in [0.1, 0.15) is 0 Å². The largest absolute Gasteiger partial charge is 0.352 e. The smallest absolute Gasteiger partial charge is 0.223 e. The van der Waals surface area contributed by atoms with Crippen LogP contribution in [0, 0.1) is 5.92 Å². The number of amides is 1. The van der Waals surface area contributed by atoms with Crippen LogP contribution in [0.2, 0.25) is 0 Å². The monoisotopic (exact) mass is 308 g/mol. The number of nitrogens with two attached hydrogens (primary N) is 1. The van der Waals surface area contributed by atoms with Crippen LogP contribution in [0.25, 0.3) is 0 Å². The second-order valence-corrected chi connectivity index (χ2v) is 6.72. The average molecular weight is 308 g/mol. The maximum atomic E-state index is 12.4. The lowest BCUT2D eigenvalue weighted by molar-refractivity contribution is -0.129. The lowest BCUT2D eigenvalue weighted by Crippen LogP contribution is -2.46. The molecule has 0 heterocycles. The minimum absolute atomic E-state index is 0.116. The van der Waals surface area contributed by atoms with Crippen molar-refractivity contribution in [3.8, 4) is 0 Å². The fraction of sp³-hybridized carbons (Fsp3) is 0.350. The Balaban J connectivity index is 1.55. The zero-order chi connectivity index (χ0) is 16.3. The Hall–Kier alpha value is -2.13. The number of carbonyl (C=O) groups excluding carboxylic acids is 1. The molecule has 120 valence electrons. The summed E-state index contributed by atoms with van der Waals surface area (Å²) >= 11 is 0. The van der Waals surface area contributed by atoms with Crippen molar-refractivity contribution in [3.63, 3.8) is 0 Å². The summed E-state index contributed by atoms with van der Waals surface area (Å²) in [5, 5.41) is 3.07. The molecule has 1 aliphatic carbocycles. The van der Waals surface area contributed by atoms with E-state index in [0.29, 0.717) is 13.1 Å². The molecule has 1 aliphatic rings. The van der Waals surface area contributed by atoms with E-state index >= 15 is 0 Å². The fourth-order valence-corrected chi connectivity index (χ4v) is 3.55. The van der Waals surface area contributed by atoms with E-state index in [1.54, 1.807) is 0 Å². The molecule has 0 spiro atoms. The number of carbonyl (C=O) groups is 1. The Morgan fingerprint density at radius 3 is 2.35 bits per heavy atom. The Labute approximate surface area is 137 Å². The van der Waals surface area contributed by atoms with Crippen LogP contribution < -0.4 is 11.1 Å². The van der Waals surface area contributed by atoms with Crippen molar-refractivity contribution in [2.75, 3.05) is 0 Å². The van der Waals surface area contributed by atoms with Gasteiger partial charge in [-0.2, -0.15) is 0 Å². The van der Waals surface area contributed by atoms with E-state index in [1.807, 2.05) is 30.3 Å². The molecule has 0 saturated heterocycles. The molecule has 3 rings (SSSR count). The van der Waals surface area contributed by atoms with Gasteiger partial charge in [-0.05, 0) is 34.9 Å². The van der Waals surface area contributed by atoms with E-state index in [1.165, 1.54) is 5.56 Å². The van der Waals surface area contributed by atoms with Gasteiger partial charge in [0.05, 0.1) is 0 Å². The van der Waals surface area contributed by atoms with E-state index < -0.39 is 0 Å². The highest BCUT2D eigenvalue weighted by molar-refractivity contribution is 5.80. The van der Waals surface area contributed by atoms with Crippen LogP contribution in [-0.2, 0) is 23.3 Å². The van der Waals surface area contributed by atoms with Crippen molar-refractivity contribution in [2.24, 2.45) is 11.7 Å². The molecule has 0 unspecified atom stereocenters. The molecule has 1 amide bonds. The van der Waals surface area contributed by atoms with Gasteiger partial charge in [-0.15, -0.1) is 0 Å². The van der Waals surface area contributed by atoms with Crippen LogP contribution in [0.15, 0.2) is 54.6 Å². The first-order valence-corrected chi connectivity index (χ1v) is 8.22. The van der Waals surface area contributed by atoms with E-state index in [-0.39, 0.29) is 17.2 Å². The molecule has 0 atom stereocenters. The highest BCUT2D eigenvalue weighted by Gasteiger charge is 2.44. The third-order valence-electron chi connectivity index (χ3n) is 5.03. The second-order valence-electron chi connectivity index (χ2n) is 6.72. The van der Waals surface area contributed by atoms with Gasteiger partial charge in [0.15, 0.2) is 0 Å². The summed E-state index contributed by atoms with van der Waals surface area (Å²) in [6.45, 7) is 3.31.